The van der Waals surface area contributed by atoms with Crippen LogP contribution >= 0.6 is 0 Å². The Kier molecular flexibility index (Phi) is 6.36. The summed E-state index contributed by atoms with van der Waals surface area (Å²) in [5.74, 6) is -0.829. The van der Waals surface area contributed by atoms with E-state index in [2.05, 4.69) is 0 Å². The Labute approximate surface area is 182 Å². The minimum atomic E-state index is -0.748. The Morgan fingerprint density at radius 3 is 2.32 bits per heavy atom. The summed E-state index contributed by atoms with van der Waals surface area (Å²) in [6, 6.07) is 9.13. The van der Waals surface area contributed by atoms with Crippen molar-refractivity contribution in [2.75, 3.05) is 34.3 Å². The Morgan fingerprint density at radius 2 is 1.74 bits per heavy atom. The highest BCUT2D eigenvalue weighted by Gasteiger charge is 2.46. The molecule has 1 aliphatic rings. The van der Waals surface area contributed by atoms with Gasteiger partial charge in [-0.1, -0.05) is 12.1 Å². The van der Waals surface area contributed by atoms with Gasteiger partial charge in [-0.3, -0.25) is 9.59 Å². The number of nitrogens with zero attached hydrogens (tertiary/aromatic N) is 2. The standard InChI is InChI=1S/C24H28N2O5/c1-14-13-19(31-5)15(2)12-18(14)22(28)20-21(16-6-8-17(27)9-7-16)26(11-10-25(3)4)24(30)23(20)29/h6-9,12-13,21,27-28H,10-11H2,1-5H3/b22-20+. The number of ketones is 1. The van der Waals surface area contributed by atoms with Crippen LogP contribution in [0.3, 0.4) is 0 Å². The van der Waals surface area contributed by atoms with Crippen molar-refractivity contribution in [2.45, 2.75) is 19.9 Å². The number of phenols is 1. The fourth-order valence-corrected chi connectivity index (χ4v) is 3.83. The lowest BCUT2D eigenvalue weighted by Crippen LogP contribution is -2.35. The fraction of sp³-hybridized carbons (Fsp3) is 0.333. The minimum absolute atomic E-state index is 0.0436. The van der Waals surface area contributed by atoms with Crippen LogP contribution in [0, 0.1) is 13.8 Å². The first kappa shape index (κ1) is 22.4. The van der Waals surface area contributed by atoms with E-state index in [4.69, 9.17) is 4.74 Å². The van der Waals surface area contributed by atoms with Crippen LogP contribution in [0.5, 0.6) is 11.5 Å². The minimum Gasteiger partial charge on any atom is -0.508 e. The molecule has 2 aromatic carbocycles. The molecule has 0 radical (unpaired) electrons. The molecule has 1 heterocycles. The van der Waals surface area contributed by atoms with E-state index in [0.717, 1.165) is 11.1 Å². The number of rotatable bonds is 6. The van der Waals surface area contributed by atoms with Gasteiger partial charge in [0.05, 0.1) is 18.7 Å². The third-order valence-electron chi connectivity index (χ3n) is 5.53. The number of aromatic hydroxyl groups is 1. The summed E-state index contributed by atoms with van der Waals surface area (Å²) in [6.07, 6.45) is 0. The number of carbonyl (C=O) groups excluding carboxylic acids is 2. The van der Waals surface area contributed by atoms with Crippen molar-refractivity contribution >= 4 is 17.4 Å². The molecule has 1 unspecified atom stereocenters. The predicted molar refractivity (Wildman–Crippen MR) is 118 cm³/mol. The Hall–Kier alpha value is -3.32. The number of Topliss-reactive ketones (excluding diaryl/α,β-unsaturated/α-hetero) is 1. The van der Waals surface area contributed by atoms with Gasteiger partial charge < -0.3 is 24.7 Å². The fourth-order valence-electron chi connectivity index (χ4n) is 3.83. The van der Waals surface area contributed by atoms with E-state index >= 15 is 0 Å². The summed E-state index contributed by atoms with van der Waals surface area (Å²) in [7, 11) is 5.34. The molecule has 7 heteroatoms. The normalized spacial score (nSPS) is 18.1. The maximum absolute atomic E-state index is 13.0. The van der Waals surface area contributed by atoms with Crippen LogP contribution in [0.2, 0.25) is 0 Å². The van der Waals surface area contributed by atoms with E-state index in [-0.39, 0.29) is 17.1 Å². The number of methoxy groups -OCH3 is 1. The van der Waals surface area contributed by atoms with Crippen molar-refractivity contribution in [3.05, 3.63) is 64.2 Å². The number of aryl methyl sites for hydroxylation is 2. The van der Waals surface area contributed by atoms with Crippen LogP contribution in [0.15, 0.2) is 42.0 Å². The van der Waals surface area contributed by atoms with Crippen LogP contribution in [-0.4, -0.2) is 66.0 Å². The highest BCUT2D eigenvalue weighted by Crippen LogP contribution is 2.40. The maximum Gasteiger partial charge on any atom is 0.295 e. The van der Waals surface area contributed by atoms with E-state index < -0.39 is 17.7 Å². The molecule has 3 rings (SSSR count). The van der Waals surface area contributed by atoms with Gasteiger partial charge >= 0.3 is 0 Å². The second kappa shape index (κ2) is 8.81. The SMILES string of the molecule is COc1cc(C)c(/C(O)=C2\C(=O)C(=O)N(CCN(C)C)C2c2ccc(O)cc2)cc1C. The Balaban J connectivity index is 2.19. The van der Waals surface area contributed by atoms with E-state index in [1.807, 2.05) is 32.8 Å². The van der Waals surface area contributed by atoms with Crippen LogP contribution in [0.1, 0.15) is 28.3 Å². The molecule has 1 amide bonds. The molecule has 164 valence electrons. The number of likely N-dealkylation sites (N-methyl/N-ethyl adjacent to an activating group) is 1. The average molecular weight is 424 g/mol. The van der Waals surface area contributed by atoms with Crippen LogP contribution in [-0.2, 0) is 9.59 Å². The van der Waals surface area contributed by atoms with Crippen molar-refractivity contribution in [1.82, 2.24) is 9.80 Å². The molecule has 1 atom stereocenters. The van der Waals surface area contributed by atoms with Gasteiger partial charge in [-0.25, -0.2) is 0 Å². The number of aliphatic hydroxyl groups excluding tert-OH is 1. The largest absolute Gasteiger partial charge is 0.508 e. The molecule has 1 saturated heterocycles. The number of hydrogen-bond donors (Lipinski definition) is 2. The highest BCUT2D eigenvalue weighted by molar-refractivity contribution is 6.46. The van der Waals surface area contributed by atoms with Crippen molar-refractivity contribution in [3.8, 4) is 11.5 Å². The summed E-state index contributed by atoms with van der Waals surface area (Å²) < 4.78 is 5.34. The first-order valence-electron chi connectivity index (χ1n) is 10.0. The van der Waals surface area contributed by atoms with E-state index in [1.54, 1.807) is 31.4 Å². The smallest absolute Gasteiger partial charge is 0.295 e. The van der Waals surface area contributed by atoms with E-state index in [9.17, 15) is 19.8 Å². The van der Waals surface area contributed by atoms with E-state index in [1.165, 1.54) is 17.0 Å². The second-order valence-corrected chi connectivity index (χ2v) is 8.02. The zero-order valence-electron chi connectivity index (χ0n) is 18.5. The zero-order valence-corrected chi connectivity index (χ0v) is 18.5. The van der Waals surface area contributed by atoms with Gasteiger partial charge in [0, 0.05) is 18.7 Å². The van der Waals surface area contributed by atoms with Crippen LogP contribution < -0.4 is 4.74 Å². The lowest BCUT2D eigenvalue weighted by Gasteiger charge is -2.26. The van der Waals surface area contributed by atoms with Gasteiger partial charge in [0.1, 0.15) is 17.3 Å². The monoisotopic (exact) mass is 424 g/mol. The lowest BCUT2D eigenvalue weighted by molar-refractivity contribution is -0.140. The van der Waals surface area contributed by atoms with Crippen molar-refractivity contribution < 1.29 is 24.5 Å². The van der Waals surface area contributed by atoms with Gasteiger partial charge in [-0.2, -0.15) is 0 Å². The third-order valence-corrected chi connectivity index (χ3v) is 5.53. The molecule has 2 aromatic rings. The number of likely N-dealkylation sites (tertiary alicyclic amines) is 1. The molecular weight excluding hydrogens is 396 g/mol. The molecule has 2 N–H and O–H groups in total. The molecule has 0 aromatic heterocycles. The van der Waals surface area contributed by atoms with E-state index in [0.29, 0.717) is 30.0 Å². The van der Waals surface area contributed by atoms with Crippen LogP contribution in [0.25, 0.3) is 5.76 Å². The van der Waals surface area contributed by atoms with Gasteiger partial charge in [-0.05, 0) is 68.9 Å². The number of amides is 1. The molecule has 1 aliphatic heterocycles. The van der Waals surface area contributed by atoms with Crippen molar-refractivity contribution in [2.24, 2.45) is 0 Å². The number of hydrogen-bond acceptors (Lipinski definition) is 6. The first-order chi connectivity index (χ1) is 14.6. The number of ether oxygens (including phenoxy) is 1. The molecule has 0 spiro atoms. The van der Waals surface area contributed by atoms with Crippen LogP contribution in [0.4, 0.5) is 0 Å². The quantitative estimate of drug-likeness (QED) is 0.421. The summed E-state index contributed by atoms with van der Waals surface area (Å²) in [5.41, 5.74) is 2.69. The summed E-state index contributed by atoms with van der Waals surface area (Å²) >= 11 is 0. The lowest BCUT2D eigenvalue weighted by atomic mass is 9.93. The summed E-state index contributed by atoms with van der Waals surface area (Å²) in [4.78, 5) is 29.4. The molecule has 7 nitrogen and oxygen atoms in total. The number of carbonyl (C=O) groups is 2. The van der Waals surface area contributed by atoms with Crippen molar-refractivity contribution in [1.29, 1.82) is 0 Å². The Morgan fingerprint density at radius 1 is 1.10 bits per heavy atom. The van der Waals surface area contributed by atoms with Gasteiger partial charge in [0.2, 0.25) is 0 Å². The van der Waals surface area contributed by atoms with Gasteiger partial charge in [-0.15, -0.1) is 0 Å². The molecule has 31 heavy (non-hydrogen) atoms. The molecule has 0 bridgehead atoms. The first-order valence-corrected chi connectivity index (χ1v) is 10.0. The number of aliphatic hydroxyl groups is 1. The van der Waals surface area contributed by atoms with Gasteiger partial charge in [0.15, 0.2) is 0 Å². The highest BCUT2D eigenvalue weighted by atomic mass is 16.5. The Bertz CT molecular complexity index is 1040. The topological polar surface area (TPSA) is 90.3 Å². The summed E-state index contributed by atoms with van der Waals surface area (Å²) in [5, 5.41) is 20.9. The number of benzene rings is 2. The predicted octanol–water partition coefficient (Wildman–Crippen LogP) is 3.00. The summed E-state index contributed by atoms with van der Waals surface area (Å²) in [6.45, 7) is 4.54. The second-order valence-electron chi connectivity index (χ2n) is 8.02. The average Bonchev–Trinajstić information content (AvgIpc) is 2.98. The maximum atomic E-state index is 13.0. The molecular formula is C24H28N2O5. The molecule has 1 fully saturated rings. The zero-order chi connectivity index (χ0) is 22.9. The third kappa shape index (κ3) is 4.27. The number of phenolic OH excluding ortho intramolecular Hbond substituents is 1. The van der Waals surface area contributed by atoms with Crippen molar-refractivity contribution in [3.63, 3.8) is 0 Å². The molecule has 0 aliphatic carbocycles. The molecule has 0 saturated carbocycles. The van der Waals surface area contributed by atoms with Gasteiger partial charge in [0.25, 0.3) is 11.7 Å².